The highest BCUT2D eigenvalue weighted by Gasteiger charge is 2.24. The Morgan fingerprint density at radius 1 is 1.53 bits per heavy atom. The van der Waals surface area contributed by atoms with Gasteiger partial charge in [0, 0.05) is 26.1 Å². The molecule has 0 aliphatic carbocycles. The van der Waals surface area contributed by atoms with E-state index in [1.165, 1.54) is 5.56 Å². The Morgan fingerprint density at radius 2 is 2.32 bits per heavy atom. The highest BCUT2D eigenvalue weighted by molar-refractivity contribution is 5.76. The SMILES string of the molecule is CCC(=O)N1CCNC(c2cccc(OC)c2C)C1. The predicted octanol–water partition coefficient (Wildman–Crippen LogP) is 1.89. The molecule has 1 fully saturated rings. The number of nitrogens with zero attached hydrogens (tertiary/aromatic N) is 1. The lowest BCUT2D eigenvalue weighted by Crippen LogP contribution is -2.48. The standard InChI is InChI=1S/C15H22N2O2/c1-4-15(18)17-9-8-16-13(10-17)12-6-5-7-14(19-3)11(12)2/h5-7,13,16H,4,8-10H2,1-3H3. The van der Waals surface area contributed by atoms with Crippen LogP contribution < -0.4 is 10.1 Å². The molecule has 0 bridgehead atoms. The zero-order valence-electron chi connectivity index (χ0n) is 11.9. The third-order valence-electron chi connectivity index (χ3n) is 3.75. The molecule has 1 saturated heterocycles. The molecule has 1 aliphatic rings. The van der Waals surface area contributed by atoms with E-state index < -0.39 is 0 Å². The van der Waals surface area contributed by atoms with Gasteiger partial charge in [-0.3, -0.25) is 4.79 Å². The number of rotatable bonds is 3. The number of hydrogen-bond acceptors (Lipinski definition) is 3. The number of nitrogens with one attached hydrogen (secondary N) is 1. The van der Waals surface area contributed by atoms with Crippen LogP contribution in [-0.4, -0.2) is 37.6 Å². The third-order valence-corrected chi connectivity index (χ3v) is 3.75. The van der Waals surface area contributed by atoms with Gasteiger partial charge in [0.1, 0.15) is 5.75 Å². The van der Waals surface area contributed by atoms with Crippen LogP contribution in [0.4, 0.5) is 0 Å². The van der Waals surface area contributed by atoms with Crippen LogP contribution in [0, 0.1) is 6.92 Å². The molecule has 0 saturated carbocycles. The summed E-state index contributed by atoms with van der Waals surface area (Å²) < 4.78 is 5.36. The van der Waals surface area contributed by atoms with Gasteiger partial charge in [0.05, 0.1) is 13.2 Å². The summed E-state index contributed by atoms with van der Waals surface area (Å²) in [6.07, 6.45) is 0.573. The lowest BCUT2D eigenvalue weighted by atomic mass is 9.98. The Bertz CT molecular complexity index is 459. The van der Waals surface area contributed by atoms with Crippen LogP contribution in [0.5, 0.6) is 5.75 Å². The second kappa shape index (κ2) is 6.06. The van der Waals surface area contributed by atoms with Crippen molar-refractivity contribution in [3.8, 4) is 5.75 Å². The number of carbonyl (C=O) groups excluding carboxylic acids is 1. The maximum atomic E-state index is 11.8. The molecular weight excluding hydrogens is 240 g/mol. The number of piperazine rings is 1. The van der Waals surface area contributed by atoms with Crippen LogP contribution in [0.3, 0.4) is 0 Å². The van der Waals surface area contributed by atoms with Gasteiger partial charge >= 0.3 is 0 Å². The minimum atomic E-state index is 0.194. The molecule has 0 radical (unpaired) electrons. The Morgan fingerprint density at radius 3 is 3.00 bits per heavy atom. The fourth-order valence-electron chi connectivity index (χ4n) is 2.64. The van der Waals surface area contributed by atoms with Gasteiger partial charge in [0.15, 0.2) is 0 Å². The molecule has 1 aliphatic heterocycles. The van der Waals surface area contributed by atoms with E-state index in [1.807, 2.05) is 24.0 Å². The zero-order chi connectivity index (χ0) is 13.8. The Hall–Kier alpha value is -1.55. The maximum absolute atomic E-state index is 11.8. The van der Waals surface area contributed by atoms with Crippen LogP contribution in [0.1, 0.15) is 30.5 Å². The number of carbonyl (C=O) groups is 1. The fraction of sp³-hybridized carbons (Fsp3) is 0.533. The van der Waals surface area contributed by atoms with E-state index in [0.29, 0.717) is 6.42 Å². The topological polar surface area (TPSA) is 41.6 Å². The molecule has 1 aromatic carbocycles. The van der Waals surface area contributed by atoms with Crippen molar-refractivity contribution in [1.82, 2.24) is 10.2 Å². The molecule has 1 unspecified atom stereocenters. The summed E-state index contributed by atoms with van der Waals surface area (Å²) in [4.78, 5) is 13.8. The minimum Gasteiger partial charge on any atom is -0.496 e. The van der Waals surface area contributed by atoms with Gasteiger partial charge in [-0.25, -0.2) is 0 Å². The number of methoxy groups -OCH3 is 1. The van der Waals surface area contributed by atoms with Crippen molar-refractivity contribution in [2.24, 2.45) is 0 Å². The van der Waals surface area contributed by atoms with Crippen molar-refractivity contribution in [3.63, 3.8) is 0 Å². The minimum absolute atomic E-state index is 0.194. The van der Waals surface area contributed by atoms with Gasteiger partial charge in [0.25, 0.3) is 0 Å². The summed E-state index contributed by atoms with van der Waals surface area (Å²) in [6.45, 7) is 6.35. The molecule has 4 nitrogen and oxygen atoms in total. The van der Waals surface area contributed by atoms with Crippen LogP contribution in [0.25, 0.3) is 0 Å². The molecular formula is C15H22N2O2. The van der Waals surface area contributed by atoms with Crippen LogP contribution in [0.15, 0.2) is 18.2 Å². The molecule has 1 N–H and O–H groups in total. The molecule has 0 spiro atoms. The molecule has 1 amide bonds. The van der Waals surface area contributed by atoms with Gasteiger partial charge in [0.2, 0.25) is 5.91 Å². The smallest absolute Gasteiger partial charge is 0.222 e. The highest BCUT2D eigenvalue weighted by Crippen LogP contribution is 2.27. The third kappa shape index (κ3) is 2.89. The number of benzene rings is 1. The van der Waals surface area contributed by atoms with Crippen LogP contribution in [0.2, 0.25) is 0 Å². The van der Waals surface area contributed by atoms with Crippen molar-refractivity contribution in [2.75, 3.05) is 26.7 Å². The van der Waals surface area contributed by atoms with Crippen LogP contribution in [-0.2, 0) is 4.79 Å². The maximum Gasteiger partial charge on any atom is 0.222 e. The molecule has 4 heteroatoms. The summed E-state index contributed by atoms with van der Waals surface area (Å²) in [5.74, 6) is 1.13. The monoisotopic (exact) mass is 262 g/mol. The first-order valence-electron chi connectivity index (χ1n) is 6.82. The molecule has 1 heterocycles. The van der Waals surface area contributed by atoms with E-state index in [-0.39, 0.29) is 11.9 Å². The van der Waals surface area contributed by atoms with Crippen molar-refractivity contribution in [2.45, 2.75) is 26.3 Å². The largest absolute Gasteiger partial charge is 0.496 e. The van der Waals surface area contributed by atoms with Crippen molar-refractivity contribution in [3.05, 3.63) is 29.3 Å². The van der Waals surface area contributed by atoms with Gasteiger partial charge in [-0.15, -0.1) is 0 Å². The lowest BCUT2D eigenvalue weighted by molar-refractivity contribution is -0.132. The van der Waals surface area contributed by atoms with Crippen molar-refractivity contribution < 1.29 is 9.53 Å². The van der Waals surface area contributed by atoms with E-state index in [9.17, 15) is 4.79 Å². The number of hydrogen-bond donors (Lipinski definition) is 1. The average molecular weight is 262 g/mol. The Balaban J connectivity index is 2.20. The van der Waals surface area contributed by atoms with Gasteiger partial charge in [-0.05, 0) is 24.1 Å². The summed E-state index contributed by atoms with van der Waals surface area (Å²) in [6, 6.07) is 6.27. The molecule has 1 aromatic rings. The fourth-order valence-corrected chi connectivity index (χ4v) is 2.64. The first kappa shape index (κ1) is 13.9. The quantitative estimate of drug-likeness (QED) is 0.904. The van der Waals surface area contributed by atoms with Crippen molar-refractivity contribution in [1.29, 1.82) is 0 Å². The van der Waals surface area contributed by atoms with Crippen molar-refractivity contribution >= 4 is 5.91 Å². The van der Waals surface area contributed by atoms with Crippen LogP contribution >= 0.6 is 0 Å². The number of amides is 1. The second-order valence-electron chi connectivity index (χ2n) is 4.87. The first-order chi connectivity index (χ1) is 9.17. The normalized spacial score (nSPS) is 19.3. The molecule has 19 heavy (non-hydrogen) atoms. The number of ether oxygens (including phenoxy) is 1. The molecule has 104 valence electrons. The summed E-state index contributed by atoms with van der Waals surface area (Å²) >= 11 is 0. The summed E-state index contributed by atoms with van der Waals surface area (Å²) in [5.41, 5.74) is 2.36. The van der Waals surface area contributed by atoms with E-state index in [1.54, 1.807) is 7.11 Å². The van der Waals surface area contributed by atoms with E-state index in [2.05, 4.69) is 18.3 Å². The predicted molar refractivity (Wildman–Crippen MR) is 75.3 cm³/mol. The summed E-state index contributed by atoms with van der Waals surface area (Å²) in [7, 11) is 1.69. The molecule has 2 rings (SSSR count). The van der Waals surface area contributed by atoms with Gasteiger partial charge < -0.3 is 15.0 Å². The molecule has 1 atom stereocenters. The van der Waals surface area contributed by atoms with E-state index in [0.717, 1.165) is 30.9 Å². The highest BCUT2D eigenvalue weighted by atomic mass is 16.5. The first-order valence-corrected chi connectivity index (χ1v) is 6.82. The second-order valence-corrected chi connectivity index (χ2v) is 4.87. The Labute approximate surface area is 114 Å². The van der Waals surface area contributed by atoms with Gasteiger partial charge in [-0.2, -0.15) is 0 Å². The summed E-state index contributed by atoms with van der Waals surface area (Å²) in [5, 5.41) is 3.49. The van der Waals surface area contributed by atoms with E-state index >= 15 is 0 Å². The van der Waals surface area contributed by atoms with Gasteiger partial charge in [-0.1, -0.05) is 19.1 Å². The lowest BCUT2D eigenvalue weighted by Gasteiger charge is -2.34. The zero-order valence-corrected chi connectivity index (χ0v) is 11.9. The molecule has 0 aromatic heterocycles. The Kier molecular flexibility index (Phi) is 4.43. The van der Waals surface area contributed by atoms with E-state index in [4.69, 9.17) is 4.74 Å². The average Bonchev–Trinajstić information content (AvgIpc) is 2.46.